The largest absolute Gasteiger partial charge is 0.370 e. The van der Waals surface area contributed by atoms with Gasteiger partial charge in [0, 0.05) is 17.7 Å². The van der Waals surface area contributed by atoms with Crippen LogP contribution < -0.4 is 5.32 Å². The van der Waals surface area contributed by atoms with Gasteiger partial charge in [-0.3, -0.25) is 9.59 Å². The Morgan fingerprint density at radius 2 is 1.70 bits per heavy atom. The van der Waals surface area contributed by atoms with E-state index in [2.05, 4.69) is 11.9 Å². The van der Waals surface area contributed by atoms with Crippen LogP contribution in [-0.2, 0) is 9.59 Å². The molecule has 5 heteroatoms. The van der Waals surface area contributed by atoms with E-state index in [1.54, 1.807) is 37.3 Å². The maximum atomic E-state index is 13.1. The van der Waals surface area contributed by atoms with Crippen LogP contribution in [0.3, 0.4) is 0 Å². The maximum Gasteiger partial charge on any atom is 0.162 e. The quantitative estimate of drug-likeness (QED) is 0.185. The van der Waals surface area contributed by atoms with Crippen molar-refractivity contribution in [3.8, 4) is 0 Å². The molecular weight excluding hydrogens is 410 g/mol. The van der Waals surface area contributed by atoms with Gasteiger partial charge >= 0.3 is 0 Å². The van der Waals surface area contributed by atoms with Gasteiger partial charge in [-0.05, 0) is 57.4 Å². The van der Waals surface area contributed by atoms with Crippen molar-refractivity contribution in [2.24, 2.45) is 4.99 Å². The van der Waals surface area contributed by atoms with Crippen molar-refractivity contribution in [3.05, 3.63) is 101 Å². The van der Waals surface area contributed by atoms with Crippen LogP contribution in [0.4, 0.5) is 0 Å². The summed E-state index contributed by atoms with van der Waals surface area (Å²) in [5.74, 6) is 0.00259. The molecule has 0 atom stereocenters. The van der Waals surface area contributed by atoms with E-state index in [9.17, 15) is 9.59 Å². The molecule has 2 N–H and O–H groups in total. The predicted octanol–water partition coefficient (Wildman–Crippen LogP) is 5.47. The third-order valence-corrected chi connectivity index (χ3v) is 5.15. The normalized spacial score (nSPS) is 16.3. The zero-order valence-corrected chi connectivity index (χ0v) is 20.0. The minimum Gasteiger partial charge on any atom is -0.370 e. The zero-order valence-electron chi connectivity index (χ0n) is 20.0. The van der Waals surface area contributed by atoms with Crippen LogP contribution in [0.25, 0.3) is 5.57 Å². The second-order valence-corrected chi connectivity index (χ2v) is 7.64. The molecular formula is C28H31N3O2. The van der Waals surface area contributed by atoms with Crippen molar-refractivity contribution in [1.82, 2.24) is 5.32 Å². The average molecular weight is 442 g/mol. The highest BCUT2D eigenvalue weighted by Gasteiger charge is 2.26. The monoisotopic (exact) mass is 441 g/mol. The molecule has 0 aliphatic heterocycles. The van der Waals surface area contributed by atoms with Crippen molar-refractivity contribution >= 4 is 28.7 Å². The lowest BCUT2D eigenvalue weighted by Crippen LogP contribution is -2.22. The molecule has 1 aliphatic carbocycles. The van der Waals surface area contributed by atoms with Gasteiger partial charge in [-0.2, -0.15) is 0 Å². The Balaban J connectivity index is 2.98. The third-order valence-electron chi connectivity index (χ3n) is 5.15. The Morgan fingerprint density at radius 3 is 2.24 bits per heavy atom. The molecule has 1 aromatic carbocycles. The first-order valence-corrected chi connectivity index (χ1v) is 10.8. The summed E-state index contributed by atoms with van der Waals surface area (Å²) in [5, 5.41) is 11.6. The molecule has 170 valence electrons. The van der Waals surface area contributed by atoms with Crippen molar-refractivity contribution in [3.63, 3.8) is 0 Å². The molecule has 0 fully saturated rings. The molecule has 0 bridgehead atoms. The Labute approximate surface area is 196 Å². The second kappa shape index (κ2) is 11.7. The smallest absolute Gasteiger partial charge is 0.162 e. The number of aliphatic imine (C=N–C) groups is 1. The van der Waals surface area contributed by atoms with Gasteiger partial charge in [0.2, 0.25) is 0 Å². The van der Waals surface area contributed by atoms with Crippen LogP contribution in [0, 0.1) is 12.3 Å². The molecule has 5 nitrogen and oxygen atoms in total. The fourth-order valence-electron chi connectivity index (χ4n) is 3.64. The minimum absolute atomic E-state index is 0.193. The van der Waals surface area contributed by atoms with Gasteiger partial charge in [0.25, 0.3) is 0 Å². The van der Waals surface area contributed by atoms with Crippen molar-refractivity contribution in [1.29, 1.82) is 5.41 Å². The van der Waals surface area contributed by atoms with Gasteiger partial charge in [0.05, 0.1) is 22.8 Å². The SMILES string of the molecule is C=CCN/C(C)=N/C(=C1/C=CC=CC1=N)C(/C(C)=O)=C(C(C)=O)\C(=C\C)c1ccccc1C. The summed E-state index contributed by atoms with van der Waals surface area (Å²) < 4.78 is 0. The number of allylic oxidation sites excluding steroid dienone is 9. The minimum atomic E-state index is -0.299. The molecule has 0 unspecified atom stereocenters. The highest BCUT2D eigenvalue weighted by Crippen LogP contribution is 2.34. The summed E-state index contributed by atoms with van der Waals surface area (Å²) in [6.45, 7) is 12.7. The molecule has 0 aromatic heterocycles. The Morgan fingerprint density at radius 1 is 1.06 bits per heavy atom. The topological polar surface area (TPSA) is 82.4 Å². The van der Waals surface area contributed by atoms with E-state index < -0.39 is 0 Å². The maximum absolute atomic E-state index is 13.1. The molecule has 0 spiro atoms. The number of nitrogens with one attached hydrogen (secondary N) is 2. The molecule has 1 aliphatic rings. The number of rotatable bonds is 8. The number of hydrogen-bond acceptors (Lipinski definition) is 4. The summed E-state index contributed by atoms with van der Waals surface area (Å²) in [6.07, 6.45) is 10.5. The number of amidine groups is 1. The molecule has 0 radical (unpaired) electrons. The molecule has 0 amide bonds. The van der Waals surface area contributed by atoms with Crippen LogP contribution in [0.2, 0.25) is 0 Å². The summed E-state index contributed by atoms with van der Waals surface area (Å²) in [5.41, 5.74) is 3.98. The van der Waals surface area contributed by atoms with E-state index in [0.29, 0.717) is 29.2 Å². The van der Waals surface area contributed by atoms with Crippen LogP contribution in [-0.4, -0.2) is 29.7 Å². The van der Waals surface area contributed by atoms with E-state index in [-0.39, 0.29) is 28.4 Å². The lowest BCUT2D eigenvalue weighted by Gasteiger charge is -2.20. The van der Waals surface area contributed by atoms with Gasteiger partial charge in [-0.1, -0.05) is 54.6 Å². The number of hydrogen-bond donors (Lipinski definition) is 2. The summed E-state index contributed by atoms with van der Waals surface area (Å²) in [6, 6.07) is 7.74. The third kappa shape index (κ3) is 6.10. The molecule has 1 aromatic rings. The first-order valence-electron chi connectivity index (χ1n) is 10.8. The van der Waals surface area contributed by atoms with Gasteiger partial charge in [-0.15, -0.1) is 6.58 Å². The average Bonchev–Trinajstić information content (AvgIpc) is 2.77. The van der Waals surface area contributed by atoms with Gasteiger partial charge in [0.15, 0.2) is 11.6 Å². The first kappa shape index (κ1) is 25.4. The number of Topliss-reactive ketones (excluding diaryl/α,β-unsaturated/α-hetero) is 2. The molecule has 0 saturated heterocycles. The second-order valence-electron chi connectivity index (χ2n) is 7.64. The zero-order chi connectivity index (χ0) is 24.5. The standard InChI is InChI=1S/C28H31N3O2/c1-7-17-30-21(6)31-28(24-15-11-12-16-25(24)29)27(20(5)33)26(19(4)32)22(8-2)23-14-10-9-13-18(23)3/h7-16,29H,1,17H2,2-6H3,(H,30,31)/b22-8+,27-26-,28-24-,29-25?. The van der Waals surface area contributed by atoms with Crippen molar-refractivity contribution in [2.75, 3.05) is 6.54 Å². The molecule has 0 saturated carbocycles. The lowest BCUT2D eigenvalue weighted by molar-refractivity contribution is -0.115. The fraction of sp³-hybridized carbons (Fsp3) is 0.214. The highest BCUT2D eigenvalue weighted by atomic mass is 16.1. The van der Waals surface area contributed by atoms with E-state index in [4.69, 9.17) is 10.4 Å². The van der Waals surface area contributed by atoms with Crippen LogP contribution in [0.15, 0.2) is 94.7 Å². The Hall–Kier alpha value is -3.86. The van der Waals surface area contributed by atoms with E-state index in [1.807, 2.05) is 44.2 Å². The number of aryl methyl sites for hydroxylation is 1. The fourth-order valence-corrected chi connectivity index (χ4v) is 3.64. The first-order chi connectivity index (χ1) is 15.7. The molecule has 2 rings (SSSR count). The van der Waals surface area contributed by atoms with Crippen molar-refractivity contribution in [2.45, 2.75) is 34.6 Å². The summed E-state index contributed by atoms with van der Waals surface area (Å²) in [7, 11) is 0. The number of carbonyl (C=O) groups excluding carboxylic acids is 2. The number of carbonyl (C=O) groups is 2. The predicted molar refractivity (Wildman–Crippen MR) is 138 cm³/mol. The van der Waals surface area contributed by atoms with Gasteiger partial charge in [0.1, 0.15) is 0 Å². The number of benzene rings is 1. The number of ketones is 2. The van der Waals surface area contributed by atoms with Crippen LogP contribution >= 0.6 is 0 Å². The Kier molecular flexibility index (Phi) is 8.98. The van der Waals surface area contributed by atoms with Crippen LogP contribution in [0.1, 0.15) is 38.8 Å². The van der Waals surface area contributed by atoms with Gasteiger partial charge in [-0.25, -0.2) is 4.99 Å². The lowest BCUT2D eigenvalue weighted by atomic mass is 9.85. The summed E-state index contributed by atoms with van der Waals surface area (Å²) in [4.78, 5) is 30.9. The molecule has 0 heterocycles. The highest BCUT2D eigenvalue weighted by molar-refractivity contribution is 6.19. The van der Waals surface area contributed by atoms with E-state index >= 15 is 0 Å². The molecule has 33 heavy (non-hydrogen) atoms. The van der Waals surface area contributed by atoms with E-state index in [1.165, 1.54) is 13.8 Å². The van der Waals surface area contributed by atoms with E-state index in [0.717, 1.165) is 11.1 Å². The van der Waals surface area contributed by atoms with Crippen LogP contribution in [0.5, 0.6) is 0 Å². The number of nitrogens with zero attached hydrogens (tertiary/aromatic N) is 1. The Bertz CT molecular complexity index is 1170. The van der Waals surface area contributed by atoms with Gasteiger partial charge < -0.3 is 10.7 Å². The summed E-state index contributed by atoms with van der Waals surface area (Å²) >= 11 is 0. The van der Waals surface area contributed by atoms with Crippen molar-refractivity contribution < 1.29 is 9.59 Å².